The summed E-state index contributed by atoms with van der Waals surface area (Å²) in [6, 6.07) is 20.8. The number of nitrogens with zero attached hydrogens (tertiary/aromatic N) is 3. The molecule has 0 unspecified atom stereocenters. The van der Waals surface area contributed by atoms with Gasteiger partial charge in [0, 0.05) is 5.69 Å². The molecule has 1 aromatic heterocycles. The van der Waals surface area contributed by atoms with Crippen LogP contribution in [-0.4, -0.2) is 15.4 Å². The molecule has 168 valence electrons. The second-order valence-corrected chi connectivity index (χ2v) is 8.45. The Hall–Kier alpha value is -3.93. The molecule has 0 aliphatic heterocycles. The lowest BCUT2D eigenvalue weighted by atomic mass is 10.0. The van der Waals surface area contributed by atoms with Gasteiger partial charge in [0.05, 0.1) is 16.6 Å². The zero-order valence-electron chi connectivity index (χ0n) is 19.4. The monoisotopic (exact) mass is 440 g/mol. The normalized spacial score (nSPS) is 11.8. The average Bonchev–Trinajstić information content (AvgIpc) is 2.80. The van der Waals surface area contributed by atoms with E-state index in [-0.39, 0.29) is 12.2 Å². The predicted molar refractivity (Wildman–Crippen MR) is 134 cm³/mol. The predicted octanol–water partition coefficient (Wildman–Crippen LogP) is 5.26. The van der Waals surface area contributed by atoms with Crippen LogP contribution in [0.2, 0.25) is 0 Å². The van der Waals surface area contributed by atoms with E-state index in [0.29, 0.717) is 34.0 Å². The summed E-state index contributed by atoms with van der Waals surface area (Å²) in [5.41, 5.74) is 10.6. The van der Waals surface area contributed by atoms with E-state index in [2.05, 4.69) is 31.1 Å². The van der Waals surface area contributed by atoms with E-state index in [1.54, 1.807) is 6.07 Å². The Bertz CT molecular complexity index is 1390. The minimum atomic E-state index is -0.234. The molecule has 0 amide bonds. The number of hydrogen-bond acceptors (Lipinski definition) is 5. The van der Waals surface area contributed by atoms with E-state index < -0.39 is 0 Å². The number of nitrogen functional groups attached to an aromatic ring is 1. The Morgan fingerprint density at radius 1 is 1.09 bits per heavy atom. The van der Waals surface area contributed by atoms with Crippen LogP contribution >= 0.6 is 0 Å². The van der Waals surface area contributed by atoms with E-state index in [4.69, 9.17) is 15.5 Å². The topological polar surface area (TPSA) is 82.5 Å². The minimum Gasteiger partial charge on any atom is -0.485 e. The number of para-hydroxylation sites is 1. The van der Waals surface area contributed by atoms with Crippen molar-refractivity contribution in [3.63, 3.8) is 0 Å². The van der Waals surface area contributed by atoms with Crippen LogP contribution in [-0.2, 0) is 6.61 Å². The summed E-state index contributed by atoms with van der Waals surface area (Å²) in [6.07, 6.45) is 0. The molecule has 0 aliphatic carbocycles. The summed E-state index contributed by atoms with van der Waals surface area (Å²) in [7, 11) is 0. The van der Waals surface area contributed by atoms with Gasteiger partial charge in [-0.2, -0.15) is 9.78 Å². The molecule has 0 radical (unpaired) electrons. The maximum atomic E-state index is 13.4. The third-order valence-corrected chi connectivity index (χ3v) is 5.55. The molecule has 6 heteroatoms. The minimum absolute atomic E-state index is 0.113. The maximum absolute atomic E-state index is 13.4. The third-order valence-electron chi connectivity index (χ3n) is 5.55. The average molecular weight is 441 g/mol. The highest BCUT2D eigenvalue weighted by molar-refractivity contribution is 5.98. The Balaban J connectivity index is 1.79. The zero-order chi connectivity index (χ0) is 23.5. The number of aryl methyl sites for hydroxylation is 1. The van der Waals surface area contributed by atoms with Crippen LogP contribution in [0.3, 0.4) is 0 Å². The van der Waals surface area contributed by atoms with Crippen molar-refractivity contribution in [3.05, 3.63) is 99.6 Å². The van der Waals surface area contributed by atoms with Gasteiger partial charge in [-0.25, -0.2) is 4.98 Å². The summed E-state index contributed by atoms with van der Waals surface area (Å²) in [4.78, 5) is 18.1. The zero-order valence-corrected chi connectivity index (χ0v) is 19.4. The molecule has 0 saturated heterocycles. The van der Waals surface area contributed by atoms with Crippen LogP contribution in [0.25, 0.3) is 10.9 Å². The van der Waals surface area contributed by atoms with Crippen molar-refractivity contribution in [2.24, 2.45) is 5.10 Å². The highest BCUT2D eigenvalue weighted by Crippen LogP contribution is 2.28. The van der Waals surface area contributed by atoms with Gasteiger partial charge in [-0.3, -0.25) is 4.79 Å². The Kier molecular flexibility index (Phi) is 6.27. The molecule has 0 saturated carbocycles. The molecule has 4 aromatic rings. The summed E-state index contributed by atoms with van der Waals surface area (Å²) < 4.78 is 7.55. The number of anilines is 1. The highest BCUT2D eigenvalue weighted by Gasteiger charge is 2.14. The SMILES string of the molecule is CC(=Nn1c(COc2cc(C)ccc2C(C)C)nc2ccccc2c1=O)c1ccc(N)cc1. The van der Waals surface area contributed by atoms with E-state index in [1.165, 1.54) is 4.68 Å². The van der Waals surface area contributed by atoms with E-state index in [0.717, 1.165) is 22.4 Å². The first-order chi connectivity index (χ1) is 15.8. The van der Waals surface area contributed by atoms with Gasteiger partial charge in [0.15, 0.2) is 5.82 Å². The molecule has 0 bridgehead atoms. The third kappa shape index (κ3) is 4.80. The number of hydrogen-bond donors (Lipinski definition) is 1. The quantitative estimate of drug-likeness (QED) is 0.327. The number of ether oxygens (including phenoxy) is 1. The van der Waals surface area contributed by atoms with Gasteiger partial charge in [-0.15, -0.1) is 0 Å². The van der Waals surface area contributed by atoms with Crippen molar-refractivity contribution in [1.29, 1.82) is 0 Å². The van der Waals surface area contributed by atoms with Crippen molar-refractivity contribution in [2.45, 2.75) is 40.2 Å². The second-order valence-electron chi connectivity index (χ2n) is 8.45. The van der Waals surface area contributed by atoms with Crippen molar-refractivity contribution in [2.75, 3.05) is 5.73 Å². The first-order valence-electron chi connectivity index (χ1n) is 11.0. The largest absolute Gasteiger partial charge is 0.485 e. The number of rotatable bonds is 6. The van der Waals surface area contributed by atoms with Crippen molar-refractivity contribution >= 4 is 22.3 Å². The Labute approximate surface area is 193 Å². The lowest BCUT2D eigenvalue weighted by Gasteiger charge is -2.16. The van der Waals surface area contributed by atoms with E-state index >= 15 is 0 Å². The Morgan fingerprint density at radius 2 is 1.82 bits per heavy atom. The molecule has 3 aromatic carbocycles. The second kappa shape index (κ2) is 9.28. The van der Waals surface area contributed by atoms with Gasteiger partial charge in [0.1, 0.15) is 12.4 Å². The number of nitrogens with two attached hydrogens (primary N) is 1. The fraction of sp³-hybridized carbons (Fsp3) is 0.222. The van der Waals surface area contributed by atoms with E-state index in [9.17, 15) is 4.79 Å². The molecule has 6 nitrogen and oxygen atoms in total. The molecule has 0 spiro atoms. The Morgan fingerprint density at radius 3 is 2.55 bits per heavy atom. The van der Waals surface area contributed by atoms with Gasteiger partial charge in [-0.05, 0) is 66.8 Å². The molecule has 1 heterocycles. The molecule has 0 aliphatic rings. The standard InChI is InChI=1S/C27H28N4O2/c1-17(2)22-14-9-18(3)15-25(22)33-16-26-29-24-8-6-5-7-23(24)27(32)31(26)30-19(4)20-10-12-21(28)13-11-20/h5-15,17H,16,28H2,1-4H3. The van der Waals surface area contributed by atoms with Crippen LogP contribution < -0.4 is 16.0 Å². The lowest BCUT2D eigenvalue weighted by molar-refractivity contribution is 0.285. The highest BCUT2D eigenvalue weighted by atomic mass is 16.5. The summed E-state index contributed by atoms with van der Waals surface area (Å²) >= 11 is 0. The molecule has 0 fully saturated rings. The summed E-state index contributed by atoms with van der Waals surface area (Å²) in [6.45, 7) is 8.25. The van der Waals surface area contributed by atoms with Crippen LogP contribution in [0.1, 0.15) is 49.2 Å². The van der Waals surface area contributed by atoms with E-state index in [1.807, 2.05) is 62.4 Å². The fourth-order valence-electron chi connectivity index (χ4n) is 3.68. The van der Waals surface area contributed by atoms with Crippen molar-refractivity contribution in [1.82, 2.24) is 9.66 Å². The van der Waals surface area contributed by atoms with Crippen LogP contribution in [0.5, 0.6) is 5.75 Å². The van der Waals surface area contributed by atoms with Gasteiger partial charge < -0.3 is 10.5 Å². The number of fused-ring (bicyclic) bond motifs is 1. The first kappa shape index (κ1) is 22.3. The number of aromatic nitrogens is 2. The molecule has 4 rings (SSSR count). The van der Waals surface area contributed by atoms with Crippen LogP contribution in [0, 0.1) is 6.92 Å². The summed E-state index contributed by atoms with van der Waals surface area (Å²) in [5.74, 6) is 1.53. The van der Waals surface area contributed by atoms with Crippen molar-refractivity contribution < 1.29 is 4.74 Å². The molecule has 2 N–H and O–H groups in total. The van der Waals surface area contributed by atoms with Gasteiger partial charge >= 0.3 is 0 Å². The molecule has 33 heavy (non-hydrogen) atoms. The molecular formula is C27H28N4O2. The fourth-order valence-corrected chi connectivity index (χ4v) is 3.68. The van der Waals surface area contributed by atoms with Crippen molar-refractivity contribution in [3.8, 4) is 5.75 Å². The number of benzene rings is 3. The summed E-state index contributed by atoms with van der Waals surface area (Å²) in [5, 5.41) is 5.14. The van der Waals surface area contributed by atoms with Gasteiger partial charge in [-0.1, -0.05) is 50.2 Å². The van der Waals surface area contributed by atoms with Gasteiger partial charge in [0.25, 0.3) is 5.56 Å². The smallest absolute Gasteiger partial charge is 0.282 e. The lowest BCUT2D eigenvalue weighted by Crippen LogP contribution is -2.24. The maximum Gasteiger partial charge on any atom is 0.282 e. The van der Waals surface area contributed by atoms with Gasteiger partial charge in [0.2, 0.25) is 0 Å². The van der Waals surface area contributed by atoms with Crippen LogP contribution in [0.4, 0.5) is 5.69 Å². The molecular weight excluding hydrogens is 412 g/mol. The van der Waals surface area contributed by atoms with Crippen LogP contribution in [0.15, 0.2) is 76.6 Å². The molecule has 0 atom stereocenters. The first-order valence-corrected chi connectivity index (χ1v) is 11.0.